The molecule has 35 heavy (non-hydrogen) atoms. The molecule has 2 amide bonds. The minimum absolute atomic E-state index is 0.102. The van der Waals surface area contributed by atoms with Crippen molar-refractivity contribution < 1.29 is 27.2 Å². The fourth-order valence-corrected chi connectivity index (χ4v) is 3.49. The average molecular weight is 551 g/mol. The van der Waals surface area contributed by atoms with Gasteiger partial charge >= 0.3 is 12.2 Å². The van der Waals surface area contributed by atoms with E-state index in [1.165, 1.54) is 16.6 Å². The molecule has 0 fully saturated rings. The first-order chi connectivity index (χ1) is 16.6. The van der Waals surface area contributed by atoms with Gasteiger partial charge in [-0.25, -0.2) is 18.7 Å². The van der Waals surface area contributed by atoms with E-state index in [0.717, 1.165) is 0 Å². The summed E-state index contributed by atoms with van der Waals surface area (Å²) < 4.78 is 53.8. The van der Waals surface area contributed by atoms with Gasteiger partial charge in [-0.1, -0.05) is 15.9 Å². The van der Waals surface area contributed by atoms with Gasteiger partial charge in [-0.05, 0) is 54.6 Å². The molecule has 0 saturated carbocycles. The maximum absolute atomic E-state index is 13.9. The molecule has 0 atom stereocenters. The van der Waals surface area contributed by atoms with Crippen LogP contribution in [0.25, 0.3) is 16.9 Å². The summed E-state index contributed by atoms with van der Waals surface area (Å²) in [6, 6.07) is 10.1. The summed E-state index contributed by atoms with van der Waals surface area (Å²) in [5.41, 5.74) is 5.86. The highest BCUT2D eigenvalue weighted by molar-refractivity contribution is 9.09. The topological polar surface area (TPSA) is 114 Å². The lowest BCUT2D eigenvalue weighted by Crippen LogP contribution is -2.20. The van der Waals surface area contributed by atoms with Gasteiger partial charge < -0.3 is 16.4 Å². The number of Topliss-reactive ketones (excluding diaryl/α,β-unsaturated/α-hetero) is 1. The van der Waals surface area contributed by atoms with Crippen LogP contribution in [0, 0.1) is 5.82 Å². The van der Waals surface area contributed by atoms with Crippen molar-refractivity contribution in [2.75, 3.05) is 21.7 Å². The molecule has 0 radical (unpaired) electrons. The smallest absolute Gasteiger partial charge is 0.382 e. The van der Waals surface area contributed by atoms with Crippen LogP contribution in [0.4, 0.5) is 39.5 Å². The number of aromatic nitrogens is 3. The zero-order valence-electron chi connectivity index (χ0n) is 17.5. The number of carbonyl (C=O) groups is 2. The first kappa shape index (κ1) is 24.1. The lowest BCUT2D eigenvalue weighted by atomic mass is 10.2. The number of benzene rings is 2. The minimum Gasteiger partial charge on any atom is -0.382 e. The summed E-state index contributed by atoms with van der Waals surface area (Å²) in [6.07, 6.45) is -4.69. The van der Waals surface area contributed by atoms with E-state index in [1.54, 1.807) is 24.3 Å². The van der Waals surface area contributed by atoms with Gasteiger partial charge in [0.05, 0.1) is 16.6 Å². The Morgan fingerprint density at radius 1 is 1.03 bits per heavy atom. The Morgan fingerprint density at radius 3 is 2.40 bits per heavy atom. The summed E-state index contributed by atoms with van der Waals surface area (Å²) in [6.45, 7) is 0. The number of nitrogens with one attached hydrogen (secondary N) is 2. The molecule has 0 aliphatic rings. The highest BCUT2D eigenvalue weighted by Crippen LogP contribution is 2.32. The van der Waals surface area contributed by atoms with E-state index < -0.39 is 29.3 Å². The molecular weight excluding hydrogens is 536 g/mol. The number of alkyl halides is 4. The van der Waals surface area contributed by atoms with Crippen LogP contribution in [-0.4, -0.2) is 31.7 Å². The van der Waals surface area contributed by atoms with Gasteiger partial charge in [0, 0.05) is 11.3 Å². The third-order valence-corrected chi connectivity index (χ3v) is 5.40. The number of hydrogen-bond acceptors (Lipinski definition) is 5. The van der Waals surface area contributed by atoms with Crippen molar-refractivity contribution in [2.24, 2.45) is 0 Å². The van der Waals surface area contributed by atoms with Crippen LogP contribution in [-0.2, 0) is 6.18 Å². The number of urea groups is 1. The van der Waals surface area contributed by atoms with Crippen molar-refractivity contribution in [3.05, 3.63) is 71.7 Å². The number of nitrogens with zero attached hydrogens (tertiary/aromatic N) is 3. The molecule has 2 heterocycles. The maximum Gasteiger partial charge on any atom is 0.416 e. The summed E-state index contributed by atoms with van der Waals surface area (Å²) in [5.74, 6) is -0.835. The molecule has 0 aliphatic carbocycles. The van der Waals surface area contributed by atoms with Crippen LogP contribution in [0.15, 0.2) is 54.6 Å². The molecule has 2 aromatic carbocycles. The molecule has 0 spiro atoms. The van der Waals surface area contributed by atoms with E-state index in [0.29, 0.717) is 35.0 Å². The second kappa shape index (κ2) is 9.33. The SMILES string of the molecule is Nc1nc(-c2ccc(NC(=O)Nc3cc(C(F)(F)F)ccc3F)cc2)nn2c(C(=O)CBr)ccc12. The number of anilines is 3. The fourth-order valence-electron chi connectivity index (χ4n) is 3.21. The molecule has 8 nitrogen and oxygen atoms in total. The van der Waals surface area contributed by atoms with E-state index >= 15 is 0 Å². The van der Waals surface area contributed by atoms with Crippen molar-refractivity contribution in [1.82, 2.24) is 14.6 Å². The van der Waals surface area contributed by atoms with Crippen LogP contribution >= 0.6 is 15.9 Å². The predicted molar refractivity (Wildman–Crippen MR) is 125 cm³/mol. The Morgan fingerprint density at radius 2 is 1.74 bits per heavy atom. The van der Waals surface area contributed by atoms with Crippen molar-refractivity contribution in [2.45, 2.75) is 6.18 Å². The number of nitrogens with two attached hydrogens (primary N) is 1. The number of halogens is 5. The van der Waals surface area contributed by atoms with Gasteiger partial charge in [0.15, 0.2) is 17.4 Å². The summed E-state index contributed by atoms with van der Waals surface area (Å²) in [7, 11) is 0. The largest absolute Gasteiger partial charge is 0.416 e. The molecule has 0 saturated heterocycles. The Bertz CT molecular complexity index is 1440. The van der Waals surface area contributed by atoms with E-state index in [9.17, 15) is 27.2 Å². The number of hydrogen-bond donors (Lipinski definition) is 3. The Balaban J connectivity index is 1.52. The van der Waals surface area contributed by atoms with Crippen molar-refractivity contribution in [3.63, 3.8) is 0 Å². The van der Waals surface area contributed by atoms with E-state index in [-0.39, 0.29) is 28.4 Å². The average Bonchev–Trinajstić information content (AvgIpc) is 3.24. The lowest BCUT2D eigenvalue weighted by Gasteiger charge is -2.12. The molecule has 0 bridgehead atoms. The third kappa shape index (κ3) is 5.09. The molecule has 0 aliphatic heterocycles. The van der Waals surface area contributed by atoms with Gasteiger partial charge in [-0.15, -0.1) is 5.10 Å². The highest BCUT2D eigenvalue weighted by atomic mass is 79.9. The summed E-state index contributed by atoms with van der Waals surface area (Å²) in [5, 5.41) is 8.94. The fraction of sp³-hybridized carbons (Fsp3) is 0.0909. The standard InChI is InChI=1S/C22H15BrF4N6O2/c23-10-18(34)16-7-8-17-19(28)31-20(32-33(16)17)11-1-4-13(5-2-11)29-21(35)30-15-9-12(22(25,26)27)3-6-14(15)24/h1-9H,10H2,(H2,28,31,32)(H2,29,30,35). The van der Waals surface area contributed by atoms with Crippen LogP contribution in [0.5, 0.6) is 0 Å². The second-order valence-electron chi connectivity index (χ2n) is 7.24. The first-order valence-corrected chi connectivity index (χ1v) is 11.0. The number of amides is 2. The van der Waals surface area contributed by atoms with Crippen LogP contribution < -0.4 is 16.4 Å². The summed E-state index contributed by atoms with van der Waals surface area (Å²) >= 11 is 3.12. The Kier molecular flexibility index (Phi) is 6.43. The number of rotatable bonds is 5. The van der Waals surface area contributed by atoms with E-state index in [1.807, 2.05) is 0 Å². The lowest BCUT2D eigenvalue weighted by molar-refractivity contribution is -0.137. The van der Waals surface area contributed by atoms with Gasteiger partial charge in [-0.2, -0.15) is 13.2 Å². The van der Waals surface area contributed by atoms with Gasteiger partial charge in [-0.3, -0.25) is 4.79 Å². The molecule has 13 heteroatoms. The Labute approximate surface area is 203 Å². The third-order valence-electron chi connectivity index (χ3n) is 4.89. The number of fused-ring (bicyclic) bond motifs is 1. The normalized spacial score (nSPS) is 11.5. The van der Waals surface area contributed by atoms with Crippen LogP contribution in [0.3, 0.4) is 0 Å². The summed E-state index contributed by atoms with van der Waals surface area (Å²) in [4.78, 5) is 28.6. The number of nitrogen functional groups attached to an aromatic ring is 1. The zero-order chi connectivity index (χ0) is 25.3. The second-order valence-corrected chi connectivity index (χ2v) is 7.80. The molecule has 0 unspecified atom stereocenters. The number of carbonyl (C=O) groups excluding carboxylic acids is 2. The quantitative estimate of drug-likeness (QED) is 0.176. The first-order valence-electron chi connectivity index (χ1n) is 9.86. The molecule has 4 aromatic rings. The van der Waals surface area contributed by atoms with Crippen molar-refractivity contribution in [3.8, 4) is 11.4 Å². The Hall–Kier alpha value is -4.00. The van der Waals surface area contributed by atoms with Crippen LogP contribution in [0.1, 0.15) is 16.1 Å². The van der Waals surface area contributed by atoms with E-state index in [2.05, 4.69) is 36.6 Å². The van der Waals surface area contributed by atoms with E-state index in [4.69, 9.17) is 5.73 Å². The highest BCUT2D eigenvalue weighted by Gasteiger charge is 2.31. The molecule has 180 valence electrons. The van der Waals surface area contributed by atoms with Gasteiger partial charge in [0.2, 0.25) is 0 Å². The van der Waals surface area contributed by atoms with Gasteiger partial charge in [0.1, 0.15) is 17.0 Å². The maximum atomic E-state index is 13.9. The molecule has 4 N–H and O–H groups in total. The monoisotopic (exact) mass is 550 g/mol. The van der Waals surface area contributed by atoms with Crippen molar-refractivity contribution in [1.29, 1.82) is 0 Å². The van der Waals surface area contributed by atoms with Crippen molar-refractivity contribution >= 4 is 50.5 Å². The van der Waals surface area contributed by atoms with Gasteiger partial charge in [0.25, 0.3) is 0 Å². The molecule has 2 aromatic heterocycles. The minimum atomic E-state index is -4.69. The van der Waals surface area contributed by atoms with Crippen LogP contribution in [0.2, 0.25) is 0 Å². The molecule has 4 rings (SSSR count). The molecular formula is C22H15BrF4N6O2. The predicted octanol–water partition coefficient (Wildman–Crippen LogP) is 5.36. The number of ketones is 1. The zero-order valence-corrected chi connectivity index (χ0v) is 19.1.